The monoisotopic (exact) mass is 222 g/mol. The fourth-order valence-corrected chi connectivity index (χ4v) is 2.51. The summed E-state index contributed by atoms with van der Waals surface area (Å²) in [4.78, 5) is 2.28. The predicted octanol–water partition coefficient (Wildman–Crippen LogP) is 2.36. The fourth-order valence-electron chi connectivity index (χ4n) is 2.51. The van der Waals surface area contributed by atoms with E-state index >= 15 is 0 Å². The molecule has 1 aliphatic heterocycles. The Hall–Kier alpha value is -1.09. The Labute approximate surface area is 96.5 Å². The van der Waals surface area contributed by atoms with E-state index in [4.69, 9.17) is 0 Å². The minimum Gasteiger partial charge on any atom is -0.368 e. The SMILES string of the molecule is CNCC1CN(C(C)C)c2cccc(F)c21. The van der Waals surface area contributed by atoms with Gasteiger partial charge in [0.15, 0.2) is 0 Å². The largest absolute Gasteiger partial charge is 0.368 e. The van der Waals surface area contributed by atoms with Gasteiger partial charge in [0.1, 0.15) is 5.82 Å². The lowest BCUT2D eigenvalue weighted by Crippen LogP contribution is -2.31. The van der Waals surface area contributed by atoms with Gasteiger partial charge in [0.2, 0.25) is 0 Å². The third-order valence-corrected chi connectivity index (χ3v) is 3.24. The van der Waals surface area contributed by atoms with Crippen LogP contribution in [0.3, 0.4) is 0 Å². The van der Waals surface area contributed by atoms with E-state index in [0.717, 1.165) is 24.3 Å². The maximum Gasteiger partial charge on any atom is 0.128 e. The number of benzene rings is 1. The van der Waals surface area contributed by atoms with Crippen molar-refractivity contribution < 1.29 is 4.39 Å². The van der Waals surface area contributed by atoms with Crippen LogP contribution in [0, 0.1) is 5.82 Å². The van der Waals surface area contributed by atoms with Gasteiger partial charge in [-0.2, -0.15) is 0 Å². The van der Waals surface area contributed by atoms with Gasteiger partial charge in [-0.1, -0.05) is 6.07 Å². The van der Waals surface area contributed by atoms with Crippen LogP contribution < -0.4 is 10.2 Å². The van der Waals surface area contributed by atoms with Gasteiger partial charge in [-0.15, -0.1) is 0 Å². The van der Waals surface area contributed by atoms with Gasteiger partial charge in [0, 0.05) is 36.3 Å². The summed E-state index contributed by atoms with van der Waals surface area (Å²) in [7, 11) is 1.92. The summed E-state index contributed by atoms with van der Waals surface area (Å²) in [6.45, 7) is 6.04. The second-order valence-electron chi connectivity index (χ2n) is 4.67. The molecule has 0 saturated carbocycles. The van der Waals surface area contributed by atoms with Crippen LogP contribution in [0.1, 0.15) is 25.3 Å². The minimum absolute atomic E-state index is 0.0686. The van der Waals surface area contributed by atoms with E-state index in [9.17, 15) is 4.39 Å². The van der Waals surface area contributed by atoms with Gasteiger partial charge in [-0.3, -0.25) is 0 Å². The van der Waals surface area contributed by atoms with Gasteiger partial charge in [0.25, 0.3) is 0 Å². The normalized spacial score (nSPS) is 19.3. The summed E-state index contributed by atoms with van der Waals surface area (Å²) in [5.41, 5.74) is 1.95. The molecule has 0 amide bonds. The van der Waals surface area contributed by atoms with E-state index in [-0.39, 0.29) is 11.7 Å². The van der Waals surface area contributed by atoms with Crippen LogP contribution >= 0.6 is 0 Å². The molecule has 2 rings (SSSR count). The van der Waals surface area contributed by atoms with E-state index in [1.54, 1.807) is 12.1 Å². The van der Waals surface area contributed by atoms with Gasteiger partial charge in [-0.05, 0) is 33.0 Å². The van der Waals surface area contributed by atoms with Gasteiger partial charge >= 0.3 is 0 Å². The Morgan fingerprint density at radius 1 is 1.50 bits per heavy atom. The van der Waals surface area contributed by atoms with E-state index in [1.807, 2.05) is 13.1 Å². The number of nitrogens with zero attached hydrogens (tertiary/aromatic N) is 1. The molecule has 1 unspecified atom stereocenters. The predicted molar refractivity (Wildman–Crippen MR) is 65.5 cm³/mol. The van der Waals surface area contributed by atoms with Crippen molar-refractivity contribution >= 4 is 5.69 Å². The molecule has 0 aromatic heterocycles. The molecule has 0 saturated heterocycles. The highest BCUT2D eigenvalue weighted by atomic mass is 19.1. The van der Waals surface area contributed by atoms with E-state index in [2.05, 4.69) is 24.1 Å². The summed E-state index contributed by atoms with van der Waals surface area (Å²) in [6.07, 6.45) is 0. The summed E-state index contributed by atoms with van der Waals surface area (Å²) in [5.74, 6) is 0.199. The average molecular weight is 222 g/mol. The lowest BCUT2D eigenvalue weighted by molar-refractivity contribution is 0.569. The highest BCUT2D eigenvalue weighted by Gasteiger charge is 2.31. The number of rotatable bonds is 3. The first-order chi connectivity index (χ1) is 7.65. The van der Waals surface area contributed by atoms with Crippen molar-refractivity contribution in [3.8, 4) is 0 Å². The van der Waals surface area contributed by atoms with Crippen molar-refractivity contribution in [3.63, 3.8) is 0 Å². The molecule has 2 nitrogen and oxygen atoms in total. The maximum absolute atomic E-state index is 13.8. The number of hydrogen-bond donors (Lipinski definition) is 1. The molecule has 1 aliphatic rings. The summed E-state index contributed by atoms with van der Waals surface area (Å²) < 4.78 is 13.8. The molecule has 0 bridgehead atoms. The number of likely N-dealkylation sites (N-methyl/N-ethyl adjacent to an activating group) is 1. The molecular weight excluding hydrogens is 203 g/mol. The second kappa shape index (κ2) is 4.42. The molecule has 1 aromatic carbocycles. The minimum atomic E-state index is -0.0686. The van der Waals surface area contributed by atoms with Gasteiger partial charge < -0.3 is 10.2 Å². The Balaban J connectivity index is 2.40. The van der Waals surface area contributed by atoms with Crippen LogP contribution in [0.2, 0.25) is 0 Å². The molecule has 0 fully saturated rings. The average Bonchev–Trinajstić information content (AvgIpc) is 2.59. The molecule has 0 radical (unpaired) electrons. The van der Waals surface area contributed by atoms with Crippen molar-refractivity contribution in [2.75, 3.05) is 25.0 Å². The number of nitrogens with one attached hydrogen (secondary N) is 1. The quantitative estimate of drug-likeness (QED) is 0.844. The molecule has 0 spiro atoms. The molecule has 0 aliphatic carbocycles. The summed E-state index contributed by atoms with van der Waals surface area (Å²) in [5, 5.41) is 3.14. The van der Waals surface area contributed by atoms with Crippen LogP contribution in [0.15, 0.2) is 18.2 Å². The van der Waals surface area contributed by atoms with Gasteiger partial charge in [-0.25, -0.2) is 4.39 Å². The van der Waals surface area contributed by atoms with Gasteiger partial charge in [0.05, 0.1) is 0 Å². The smallest absolute Gasteiger partial charge is 0.128 e. The summed E-state index contributed by atoms with van der Waals surface area (Å²) in [6, 6.07) is 5.80. The Bertz CT molecular complexity index is 376. The third-order valence-electron chi connectivity index (χ3n) is 3.24. The molecule has 1 N–H and O–H groups in total. The lowest BCUT2D eigenvalue weighted by Gasteiger charge is -2.24. The molecule has 16 heavy (non-hydrogen) atoms. The van der Waals surface area contributed by atoms with Crippen molar-refractivity contribution in [3.05, 3.63) is 29.6 Å². The standard InChI is InChI=1S/C13H19FN2/c1-9(2)16-8-10(7-15-3)13-11(14)5-4-6-12(13)16/h4-6,9-10,15H,7-8H2,1-3H3. The molecule has 3 heteroatoms. The Morgan fingerprint density at radius 2 is 2.25 bits per heavy atom. The molecule has 1 atom stereocenters. The first-order valence-corrected chi connectivity index (χ1v) is 5.84. The van der Waals surface area contributed by atoms with Crippen LogP contribution in [-0.2, 0) is 0 Å². The second-order valence-corrected chi connectivity index (χ2v) is 4.67. The highest BCUT2D eigenvalue weighted by Crippen LogP contribution is 2.38. The van der Waals surface area contributed by atoms with Crippen molar-refractivity contribution in [2.24, 2.45) is 0 Å². The van der Waals surface area contributed by atoms with Crippen molar-refractivity contribution in [1.29, 1.82) is 0 Å². The zero-order valence-corrected chi connectivity index (χ0v) is 10.1. The molecule has 1 aromatic rings. The number of anilines is 1. The highest BCUT2D eigenvalue weighted by molar-refractivity contribution is 5.61. The van der Waals surface area contributed by atoms with Crippen LogP contribution in [0.4, 0.5) is 10.1 Å². The van der Waals surface area contributed by atoms with E-state index < -0.39 is 0 Å². The number of hydrogen-bond acceptors (Lipinski definition) is 2. The Morgan fingerprint density at radius 3 is 2.88 bits per heavy atom. The fraction of sp³-hybridized carbons (Fsp3) is 0.538. The zero-order valence-electron chi connectivity index (χ0n) is 10.1. The van der Waals surface area contributed by atoms with Crippen molar-refractivity contribution in [2.45, 2.75) is 25.8 Å². The van der Waals surface area contributed by atoms with Crippen molar-refractivity contribution in [1.82, 2.24) is 5.32 Å². The first kappa shape index (κ1) is 11.4. The molecule has 1 heterocycles. The molecular formula is C13H19FN2. The first-order valence-electron chi connectivity index (χ1n) is 5.84. The van der Waals surface area contributed by atoms with E-state index in [0.29, 0.717) is 6.04 Å². The number of fused-ring (bicyclic) bond motifs is 1. The lowest BCUT2D eigenvalue weighted by atomic mass is 10.0. The van der Waals surface area contributed by atoms with E-state index in [1.165, 1.54) is 0 Å². The third kappa shape index (κ3) is 1.80. The van der Waals surface area contributed by atoms with Crippen LogP contribution in [-0.4, -0.2) is 26.2 Å². The maximum atomic E-state index is 13.8. The Kier molecular flexibility index (Phi) is 3.15. The molecule has 88 valence electrons. The van der Waals surface area contributed by atoms with Crippen LogP contribution in [0.5, 0.6) is 0 Å². The zero-order chi connectivity index (χ0) is 11.7. The van der Waals surface area contributed by atoms with Crippen LogP contribution in [0.25, 0.3) is 0 Å². The number of halogens is 1. The topological polar surface area (TPSA) is 15.3 Å². The summed E-state index contributed by atoms with van der Waals surface area (Å²) >= 11 is 0.